The molecule has 0 spiro atoms. The molecule has 0 aliphatic rings. The molecule has 0 fully saturated rings. The minimum absolute atomic E-state index is 0.00441. The molecule has 4 heteroatoms. The van der Waals surface area contributed by atoms with Gasteiger partial charge in [-0.25, -0.2) is 4.39 Å². The van der Waals surface area contributed by atoms with E-state index in [1.165, 1.54) is 11.6 Å². The van der Waals surface area contributed by atoms with E-state index in [9.17, 15) is 9.18 Å². The summed E-state index contributed by atoms with van der Waals surface area (Å²) in [5.74, 6) is 0.0580. The Bertz CT molecular complexity index is 1300. The molecule has 4 rings (SSSR count). The fourth-order valence-corrected chi connectivity index (χ4v) is 3.50. The van der Waals surface area contributed by atoms with Gasteiger partial charge in [0.05, 0.1) is 5.39 Å². The van der Waals surface area contributed by atoms with Gasteiger partial charge in [-0.15, -0.1) is 0 Å². The normalized spacial score (nSPS) is 11.6. The summed E-state index contributed by atoms with van der Waals surface area (Å²) < 4.78 is 26.1. The number of halogens is 1. The highest BCUT2D eigenvalue weighted by molar-refractivity contribution is 5.82. The smallest absolute Gasteiger partial charge is 0.235 e. The van der Waals surface area contributed by atoms with Crippen molar-refractivity contribution in [2.45, 2.75) is 39.7 Å². The summed E-state index contributed by atoms with van der Waals surface area (Å²) in [6.45, 7) is 8.27. The Morgan fingerprint density at radius 3 is 2.35 bits per heavy atom. The van der Waals surface area contributed by atoms with Crippen LogP contribution in [0.15, 0.2) is 75.9 Å². The second-order valence-electron chi connectivity index (χ2n) is 8.80. The van der Waals surface area contributed by atoms with Gasteiger partial charge in [-0.05, 0) is 36.1 Å². The van der Waals surface area contributed by atoms with E-state index >= 15 is 0 Å². The maximum atomic E-state index is 14.1. The van der Waals surface area contributed by atoms with Gasteiger partial charge in [0, 0.05) is 11.1 Å². The second-order valence-corrected chi connectivity index (χ2v) is 8.80. The van der Waals surface area contributed by atoms with Gasteiger partial charge in [0.15, 0.2) is 5.76 Å². The lowest BCUT2D eigenvalue weighted by Gasteiger charge is -2.19. The zero-order chi connectivity index (χ0) is 22.2. The van der Waals surface area contributed by atoms with Crippen LogP contribution in [-0.4, -0.2) is 0 Å². The monoisotopic (exact) mass is 416 g/mol. The Morgan fingerprint density at radius 1 is 0.968 bits per heavy atom. The van der Waals surface area contributed by atoms with Gasteiger partial charge in [0.1, 0.15) is 18.0 Å². The van der Waals surface area contributed by atoms with Crippen LogP contribution in [0.5, 0.6) is 5.75 Å². The Balaban J connectivity index is 1.84. The quantitative estimate of drug-likeness (QED) is 0.368. The molecule has 0 saturated heterocycles. The molecule has 3 nitrogen and oxygen atoms in total. The summed E-state index contributed by atoms with van der Waals surface area (Å²) in [7, 11) is 0. The van der Waals surface area contributed by atoms with Crippen LogP contribution in [0.1, 0.15) is 37.5 Å². The van der Waals surface area contributed by atoms with Crippen molar-refractivity contribution >= 4 is 11.0 Å². The Hall–Kier alpha value is -3.40. The van der Waals surface area contributed by atoms with Crippen molar-refractivity contribution in [3.05, 3.63) is 99.5 Å². The summed E-state index contributed by atoms with van der Waals surface area (Å²) in [4.78, 5) is 13.3. The average Bonchev–Trinajstić information content (AvgIpc) is 2.74. The Labute approximate surface area is 181 Å². The van der Waals surface area contributed by atoms with Gasteiger partial charge in [0.2, 0.25) is 11.2 Å². The maximum absolute atomic E-state index is 14.1. The molecule has 0 unspecified atom stereocenters. The van der Waals surface area contributed by atoms with Crippen molar-refractivity contribution in [3.63, 3.8) is 0 Å². The topological polar surface area (TPSA) is 39.4 Å². The first-order valence-corrected chi connectivity index (χ1v) is 10.3. The molecule has 0 bridgehead atoms. The van der Waals surface area contributed by atoms with E-state index in [4.69, 9.17) is 9.15 Å². The minimum Gasteiger partial charge on any atom is -0.481 e. The number of aryl methyl sites for hydroxylation is 1. The fraction of sp³-hybridized carbons (Fsp3) is 0.222. The third-order valence-corrected chi connectivity index (χ3v) is 5.35. The van der Waals surface area contributed by atoms with Crippen molar-refractivity contribution in [1.29, 1.82) is 0 Å². The van der Waals surface area contributed by atoms with E-state index in [1.807, 2.05) is 37.3 Å². The van der Waals surface area contributed by atoms with Gasteiger partial charge in [-0.1, -0.05) is 74.9 Å². The van der Waals surface area contributed by atoms with Crippen LogP contribution in [0.2, 0.25) is 0 Å². The van der Waals surface area contributed by atoms with Gasteiger partial charge >= 0.3 is 0 Å². The summed E-state index contributed by atoms with van der Waals surface area (Å²) >= 11 is 0. The fourth-order valence-electron chi connectivity index (χ4n) is 3.50. The lowest BCUT2D eigenvalue weighted by Crippen LogP contribution is -2.12. The first kappa shape index (κ1) is 20.9. The van der Waals surface area contributed by atoms with E-state index in [0.717, 1.165) is 11.1 Å². The highest BCUT2D eigenvalue weighted by Gasteiger charge is 2.20. The van der Waals surface area contributed by atoms with Crippen molar-refractivity contribution in [2.24, 2.45) is 0 Å². The lowest BCUT2D eigenvalue weighted by atomic mass is 9.86. The van der Waals surface area contributed by atoms with Crippen LogP contribution in [-0.2, 0) is 12.0 Å². The summed E-state index contributed by atoms with van der Waals surface area (Å²) in [6, 6.07) is 19.7. The first-order valence-electron chi connectivity index (χ1n) is 10.3. The molecule has 1 aromatic heterocycles. The Morgan fingerprint density at radius 2 is 1.68 bits per heavy atom. The molecule has 0 radical (unpaired) electrons. The second kappa shape index (κ2) is 8.03. The molecule has 1 heterocycles. The van der Waals surface area contributed by atoms with Crippen molar-refractivity contribution in [1.82, 2.24) is 0 Å². The van der Waals surface area contributed by atoms with Gasteiger partial charge < -0.3 is 9.15 Å². The van der Waals surface area contributed by atoms with Gasteiger partial charge in [-0.2, -0.15) is 0 Å². The number of hydrogen-bond acceptors (Lipinski definition) is 3. The largest absolute Gasteiger partial charge is 0.481 e. The van der Waals surface area contributed by atoms with Crippen LogP contribution >= 0.6 is 0 Å². The molecule has 31 heavy (non-hydrogen) atoms. The number of hydrogen-bond donors (Lipinski definition) is 0. The minimum atomic E-state index is -0.375. The number of rotatable bonds is 4. The van der Waals surface area contributed by atoms with Crippen molar-refractivity contribution in [2.75, 3.05) is 0 Å². The molecule has 0 N–H and O–H groups in total. The van der Waals surface area contributed by atoms with Crippen molar-refractivity contribution in [3.8, 4) is 17.1 Å². The summed E-state index contributed by atoms with van der Waals surface area (Å²) in [5, 5.41) is 0.443. The summed E-state index contributed by atoms with van der Waals surface area (Å²) in [5.41, 5.74) is 3.45. The van der Waals surface area contributed by atoms with Crippen LogP contribution in [0, 0.1) is 12.7 Å². The number of fused-ring (bicyclic) bond motifs is 1. The third-order valence-electron chi connectivity index (χ3n) is 5.35. The Kier molecular flexibility index (Phi) is 5.40. The zero-order valence-electron chi connectivity index (χ0n) is 18.2. The van der Waals surface area contributed by atoms with Crippen molar-refractivity contribution < 1.29 is 13.5 Å². The zero-order valence-corrected chi connectivity index (χ0v) is 18.2. The molecule has 0 aliphatic carbocycles. The number of ether oxygens (including phenoxy) is 1. The van der Waals surface area contributed by atoms with Gasteiger partial charge in [0.25, 0.3) is 0 Å². The van der Waals surface area contributed by atoms with E-state index in [0.29, 0.717) is 22.3 Å². The van der Waals surface area contributed by atoms with Crippen LogP contribution in [0.3, 0.4) is 0 Å². The molecule has 4 aromatic rings. The van der Waals surface area contributed by atoms with Crippen LogP contribution in [0.25, 0.3) is 22.3 Å². The molecule has 0 aliphatic heterocycles. The third kappa shape index (κ3) is 4.24. The molecule has 3 aromatic carbocycles. The lowest BCUT2D eigenvalue weighted by molar-refractivity contribution is 0.292. The average molecular weight is 416 g/mol. The standard InChI is InChI=1S/C27H25FO3/c1-17-9-14-23-21(15-17)24(29)26(30-16-19-7-5-6-8-22(19)28)25(31-23)18-10-12-20(13-11-18)27(2,3)4/h5-15H,16H2,1-4H3. The molecular weight excluding hydrogens is 391 g/mol. The first-order chi connectivity index (χ1) is 14.7. The predicted octanol–water partition coefficient (Wildman–Crippen LogP) is 6.78. The van der Waals surface area contributed by atoms with E-state index < -0.39 is 0 Å². The highest BCUT2D eigenvalue weighted by atomic mass is 19.1. The summed E-state index contributed by atoms with van der Waals surface area (Å²) in [6.07, 6.45) is 0. The number of benzene rings is 3. The van der Waals surface area contributed by atoms with Gasteiger partial charge in [-0.3, -0.25) is 4.79 Å². The van der Waals surface area contributed by atoms with Crippen LogP contribution in [0.4, 0.5) is 4.39 Å². The molecule has 0 amide bonds. The highest BCUT2D eigenvalue weighted by Crippen LogP contribution is 2.33. The van der Waals surface area contributed by atoms with E-state index in [-0.39, 0.29) is 29.0 Å². The van der Waals surface area contributed by atoms with Crippen LogP contribution < -0.4 is 10.2 Å². The predicted molar refractivity (Wildman–Crippen MR) is 122 cm³/mol. The SMILES string of the molecule is Cc1ccc2oc(-c3ccc(C(C)(C)C)cc3)c(OCc3ccccc3F)c(=O)c2c1. The molecule has 0 atom stereocenters. The molecular formula is C27H25FO3. The molecule has 0 saturated carbocycles. The van der Waals surface area contributed by atoms with E-state index in [2.05, 4.69) is 20.8 Å². The van der Waals surface area contributed by atoms with E-state index in [1.54, 1.807) is 30.3 Å². The molecule has 158 valence electrons. The maximum Gasteiger partial charge on any atom is 0.235 e.